The van der Waals surface area contributed by atoms with Gasteiger partial charge in [0.1, 0.15) is 11.7 Å². The third-order valence-electron chi connectivity index (χ3n) is 6.25. The van der Waals surface area contributed by atoms with E-state index in [2.05, 4.69) is 15.5 Å². The van der Waals surface area contributed by atoms with Crippen molar-refractivity contribution >= 4 is 42.3 Å². The number of halogens is 1. The van der Waals surface area contributed by atoms with Crippen molar-refractivity contribution in [1.29, 1.82) is 0 Å². The van der Waals surface area contributed by atoms with Crippen LogP contribution in [0.15, 0.2) is 40.0 Å². The van der Waals surface area contributed by atoms with Crippen LogP contribution in [-0.2, 0) is 4.79 Å². The molecule has 3 rings (SSSR count). The first-order valence-corrected chi connectivity index (χ1v) is 13.0. The molecule has 0 spiro atoms. The number of nitrogens with zero attached hydrogens (tertiary/aromatic N) is 4. The van der Waals surface area contributed by atoms with Crippen LogP contribution in [0.5, 0.6) is 0 Å². The summed E-state index contributed by atoms with van der Waals surface area (Å²) in [5.74, 6) is -0.310. The Hall–Kier alpha value is -2.43. The molecule has 0 aliphatic heterocycles. The number of carbonyl (C=O) groups excluding carboxylic acids is 3. The van der Waals surface area contributed by atoms with E-state index < -0.39 is 17.5 Å². The summed E-state index contributed by atoms with van der Waals surface area (Å²) < 4.78 is 5.67. The molecule has 1 aliphatic rings. The summed E-state index contributed by atoms with van der Waals surface area (Å²) in [4.78, 5) is 42.8. The van der Waals surface area contributed by atoms with Gasteiger partial charge in [-0.3, -0.25) is 14.4 Å². The van der Waals surface area contributed by atoms with Crippen molar-refractivity contribution in [1.82, 2.24) is 25.3 Å². The number of carbonyl (C=O) groups is 3. The van der Waals surface area contributed by atoms with Gasteiger partial charge in [0.15, 0.2) is 0 Å². The molecule has 1 aromatic carbocycles. The number of Topliss-reactive ketones (excluding diaryl/α,β-unsaturated/α-hetero) is 1. The minimum atomic E-state index is -0.971. The zero-order chi connectivity index (χ0) is 25.4. The summed E-state index contributed by atoms with van der Waals surface area (Å²) in [5.41, 5.74) is -0.465. The minimum absolute atomic E-state index is 0. The monoisotopic (exact) mass is 537 g/mol. The molecule has 1 N–H and O–H groups in total. The molecule has 0 unspecified atom stereocenters. The summed E-state index contributed by atoms with van der Waals surface area (Å²) in [6.07, 6.45) is 4.50. The SMILES string of the molecule is CC(C)[C@@H](C(=O)c1nnc(SCCN(C)C)o1)N(C=O)C1(NC(=O)c2ccccc2)CCCCC1.Cl. The van der Waals surface area contributed by atoms with Crippen LogP contribution in [-0.4, -0.2) is 76.2 Å². The van der Waals surface area contributed by atoms with Crippen LogP contribution in [0.25, 0.3) is 0 Å². The van der Waals surface area contributed by atoms with Crippen molar-refractivity contribution in [2.75, 3.05) is 26.4 Å². The Morgan fingerprint density at radius 3 is 2.39 bits per heavy atom. The molecule has 0 bridgehead atoms. The standard InChI is InChI=1S/C25H35N5O4S.ClH/c1-18(2)20(21(32)23-27-28-24(34-23)35-16-15-29(3)4)30(17-31)25(13-9-6-10-14-25)26-22(33)19-11-7-5-8-12-19;/h5,7-8,11-12,17-18,20H,6,9-10,13-16H2,1-4H3,(H,26,33);1H/t20-;/m0./s1. The number of aromatic nitrogens is 2. The van der Waals surface area contributed by atoms with Gasteiger partial charge in [0, 0.05) is 17.9 Å². The van der Waals surface area contributed by atoms with Gasteiger partial charge in [-0.15, -0.1) is 22.6 Å². The average molecular weight is 538 g/mol. The topological polar surface area (TPSA) is 109 Å². The molecule has 2 amide bonds. The number of thioether (sulfide) groups is 1. The van der Waals surface area contributed by atoms with E-state index in [1.165, 1.54) is 16.7 Å². The summed E-state index contributed by atoms with van der Waals surface area (Å²) in [6.45, 7) is 4.57. The van der Waals surface area contributed by atoms with E-state index in [9.17, 15) is 14.4 Å². The molecule has 1 saturated carbocycles. The fourth-order valence-electron chi connectivity index (χ4n) is 4.45. The van der Waals surface area contributed by atoms with Crippen LogP contribution in [0.1, 0.15) is 67.0 Å². The fourth-order valence-corrected chi connectivity index (χ4v) is 5.32. The molecule has 1 aliphatic carbocycles. The summed E-state index contributed by atoms with van der Waals surface area (Å²) in [7, 11) is 3.95. The number of amides is 2. The van der Waals surface area contributed by atoms with Gasteiger partial charge in [0.25, 0.3) is 17.0 Å². The molecule has 0 saturated heterocycles. The number of benzene rings is 1. The molecule has 0 radical (unpaired) electrons. The molecule has 198 valence electrons. The zero-order valence-electron chi connectivity index (χ0n) is 21.3. The fraction of sp³-hybridized carbons (Fsp3) is 0.560. The zero-order valence-corrected chi connectivity index (χ0v) is 22.9. The quantitative estimate of drug-likeness (QED) is 0.188. The molecule has 36 heavy (non-hydrogen) atoms. The Morgan fingerprint density at radius 1 is 1.14 bits per heavy atom. The van der Waals surface area contributed by atoms with Crippen LogP contribution >= 0.6 is 24.2 Å². The van der Waals surface area contributed by atoms with Gasteiger partial charge in [-0.25, -0.2) is 0 Å². The maximum absolute atomic E-state index is 13.6. The maximum atomic E-state index is 13.6. The van der Waals surface area contributed by atoms with Crippen LogP contribution in [0.4, 0.5) is 0 Å². The van der Waals surface area contributed by atoms with E-state index in [0.717, 1.165) is 31.6 Å². The van der Waals surface area contributed by atoms with E-state index in [0.29, 0.717) is 30.0 Å². The van der Waals surface area contributed by atoms with E-state index in [1.54, 1.807) is 24.3 Å². The second-order valence-corrected chi connectivity index (χ2v) is 10.5. The third-order valence-corrected chi connectivity index (χ3v) is 7.05. The van der Waals surface area contributed by atoms with Gasteiger partial charge in [-0.05, 0) is 57.8 Å². The lowest BCUT2D eigenvalue weighted by Gasteiger charge is -2.48. The van der Waals surface area contributed by atoms with Crippen LogP contribution in [0.2, 0.25) is 0 Å². The molecular weight excluding hydrogens is 502 g/mol. The summed E-state index contributed by atoms with van der Waals surface area (Å²) in [5, 5.41) is 11.4. The second-order valence-electron chi connectivity index (χ2n) is 9.50. The molecule has 2 aromatic rings. The van der Waals surface area contributed by atoms with E-state index >= 15 is 0 Å². The van der Waals surface area contributed by atoms with E-state index in [1.807, 2.05) is 38.9 Å². The molecule has 1 heterocycles. The highest BCUT2D eigenvalue weighted by atomic mass is 35.5. The second kappa shape index (κ2) is 13.8. The summed E-state index contributed by atoms with van der Waals surface area (Å²) >= 11 is 1.38. The van der Waals surface area contributed by atoms with E-state index in [-0.39, 0.29) is 30.1 Å². The largest absolute Gasteiger partial charge is 0.408 e. The van der Waals surface area contributed by atoms with Gasteiger partial charge in [-0.2, -0.15) is 0 Å². The van der Waals surface area contributed by atoms with Crippen LogP contribution in [0.3, 0.4) is 0 Å². The van der Waals surface area contributed by atoms with Crippen molar-refractivity contribution in [3.63, 3.8) is 0 Å². The van der Waals surface area contributed by atoms with Crippen molar-refractivity contribution in [3.05, 3.63) is 41.8 Å². The Bertz CT molecular complexity index is 995. The van der Waals surface area contributed by atoms with Gasteiger partial charge in [0.05, 0.1) is 0 Å². The van der Waals surface area contributed by atoms with Gasteiger partial charge in [-0.1, -0.05) is 50.2 Å². The van der Waals surface area contributed by atoms with E-state index in [4.69, 9.17) is 4.42 Å². The Kier molecular flexibility index (Phi) is 11.4. The first-order valence-electron chi connectivity index (χ1n) is 12.0. The molecular formula is C25H36ClN5O4S. The smallest absolute Gasteiger partial charge is 0.286 e. The number of rotatable bonds is 12. The Balaban J connectivity index is 0.00000456. The lowest BCUT2D eigenvalue weighted by Crippen LogP contribution is -2.66. The number of hydrogen-bond acceptors (Lipinski definition) is 8. The molecule has 1 atom stereocenters. The maximum Gasteiger partial charge on any atom is 0.286 e. The first kappa shape index (κ1) is 29.8. The molecule has 11 heteroatoms. The van der Waals surface area contributed by atoms with Gasteiger partial charge >= 0.3 is 0 Å². The van der Waals surface area contributed by atoms with Crippen LogP contribution in [0, 0.1) is 5.92 Å². The number of ketones is 1. The lowest BCUT2D eigenvalue weighted by molar-refractivity contribution is -0.130. The van der Waals surface area contributed by atoms with Crippen LogP contribution < -0.4 is 5.32 Å². The van der Waals surface area contributed by atoms with Gasteiger partial charge in [0.2, 0.25) is 12.2 Å². The van der Waals surface area contributed by atoms with Gasteiger partial charge < -0.3 is 19.5 Å². The highest BCUT2D eigenvalue weighted by Crippen LogP contribution is 2.35. The number of nitrogens with one attached hydrogen (secondary N) is 1. The Labute approximate surface area is 223 Å². The highest BCUT2D eigenvalue weighted by Gasteiger charge is 2.46. The van der Waals surface area contributed by atoms with Crippen molar-refractivity contribution in [2.45, 2.75) is 62.9 Å². The van der Waals surface area contributed by atoms with Crippen molar-refractivity contribution in [3.8, 4) is 0 Å². The van der Waals surface area contributed by atoms with Crippen molar-refractivity contribution in [2.24, 2.45) is 5.92 Å². The lowest BCUT2D eigenvalue weighted by atomic mass is 9.84. The van der Waals surface area contributed by atoms with Crippen molar-refractivity contribution < 1.29 is 18.8 Å². The Morgan fingerprint density at radius 2 is 1.81 bits per heavy atom. The predicted molar refractivity (Wildman–Crippen MR) is 141 cm³/mol. The normalized spacial score (nSPS) is 15.7. The first-order chi connectivity index (χ1) is 16.8. The summed E-state index contributed by atoms with van der Waals surface area (Å²) in [6, 6.07) is 8.04. The predicted octanol–water partition coefficient (Wildman–Crippen LogP) is 3.90. The molecule has 1 fully saturated rings. The molecule has 1 aromatic heterocycles. The number of hydrogen-bond donors (Lipinski definition) is 1. The molecule has 9 nitrogen and oxygen atoms in total. The third kappa shape index (κ3) is 7.30. The highest BCUT2D eigenvalue weighted by molar-refractivity contribution is 7.99. The minimum Gasteiger partial charge on any atom is -0.408 e. The average Bonchev–Trinajstić information content (AvgIpc) is 3.31.